The van der Waals surface area contributed by atoms with Crippen LogP contribution in [0.5, 0.6) is 0 Å². The van der Waals surface area contributed by atoms with E-state index in [0.717, 1.165) is 25.7 Å². The lowest BCUT2D eigenvalue weighted by atomic mass is 9.88. The van der Waals surface area contributed by atoms with E-state index in [1.54, 1.807) is 14.1 Å². The van der Waals surface area contributed by atoms with Gasteiger partial charge in [-0.05, 0) is 19.3 Å². The first-order valence-corrected chi connectivity index (χ1v) is 9.29. The van der Waals surface area contributed by atoms with Gasteiger partial charge < -0.3 is 4.90 Å². The first-order valence-electron chi connectivity index (χ1n) is 7.89. The van der Waals surface area contributed by atoms with Crippen molar-refractivity contribution in [2.45, 2.75) is 38.5 Å². The van der Waals surface area contributed by atoms with E-state index < -0.39 is 10.2 Å². The van der Waals surface area contributed by atoms with Gasteiger partial charge >= 0.3 is 0 Å². The van der Waals surface area contributed by atoms with E-state index in [2.05, 4.69) is 0 Å². The molecule has 7 heteroatoms. The molecule has 0 radical (unpaired) electrons. The third kappa shape index (κ3) is 3.96. The van der Waals surface area contributed by atoms with Crippen LogP contribution >= 0.6 is 0 Å². The molecule has 0 aromatic rings. The number of carbonyl (C=O) groups is 1. The predicted molar refractivity (Wildman–Crippen MR) is 82.0 cm³/mol. The summed E-state index contributed by atoms with van der Waals surface area (Å²) in [5.41, 5.74) is 0. The molecule has 0 N–H and O–H groups in total. The van der Waals surface area contributed by atoms with Gasteiger partial charge in [-0.3, -0.25) is 4.79 Å². The Hall–Kier alpha value is -0.660. The van der Waals surface area contributed by atoms with Gasteiger partial charge in [-0.1, -0.05) is 19.3 Å². The maximum absolute atomic E-state index is 12.5. The molecule has 0 spiro atoms. The molecule has 1 saturated carbocycles. The number of rotatable bonds is 3. The summed E-state index contributed by atoms with van der Waals surface area (Å²) in [6.45, 7) is 2.09. The molecule has 122 valence electrons. The highest BCUT2D eigenvalue weighted by Crippen LogP contribution is 2.26. The normalized spacial score (nSPS) is 23.3. The average Bonchev–Trinajstić information content (AvgIpc) is 2.73. The number of nitrogens with zero attached hydrogens (tertiary/aromatic N) is 3. The van der Waals surface area contributed by atoms with Crippen LogP contribution in [0.25, 0.3) is 0 Å². The third-order valence-electron chi connectivity index (χ3n) is 4.51. The Morgan fingerprint density at radius 2 is 1.62 bits per heavy atom. The van der Waals surface area contributed by atoms with E-state index in [4.69, 9.17) is 0 Å². The van der Waals surface area contributed by atoms with Crippen molar-refractivity contribution in [2.75, 3.05) is 40.3 Å². The van der Waals surface area contributed by atoms with Crippen molar-refractivity contribution in [3.8, 4) is 0 Å². The summed E-state index contributed by atoms with van der Waals surface area (Å²) >= 11 is 0. The van der Waals surface area contributed by atoms with Gasteiger partial charge in [-0.25, -0.2) is 0 Å². The second kappa shape index (κ2) is 7.07. The van der Waals surface area contributed by atoms with Crippen molar-refractivity contribution in [1.82, 2.24) is 13.5 Å². The largest absolute Gasteiger partial charge is 0.341 e. The minimum Gasteiger partial charge on any atom is -0.341 e. The molecule has 2 aliphatic rings. The topological polar surface area (TPSA) is 60.9 Å². The fourth-order valence-corrected chi connectivity index (χ4v) is 4.32. The Labute approximate surface area is 128 Å². The van der Waals surface area contributed by atoms with E-state index in [1.165, 1.54) is 15.0 Å². The summed E-state index contributed by atoms with van der Waals surface area (Å²) in [7, 11) is -0.275. The van der Waals surface area contributed by atoms with Gasteiger partial charge in [0, 0.05) is 46.2 Å². The smallest absolute Gasteiger partial charge is 0.281 e. The first kappa shape index (κ1) is 16.7. The van der Waals surface area contributed by atoms with Crippen molar-refractivity contribution in [1.29, 1.82) is 0 Å². The molecule has 0 aromatic heterocycles. The van der Waals surface area contributed by atoms with Crippen LogP contribution in [0.4, 0.5) is 0 Å². The fraction of sp³-hybridized carbons (Fsp3) is 0.929. The zero-order valence-electron chi connectivity index (χ0n) is 13.1. The molecule has 0 aromatic carbocycles. The van der Waals surface area contributed by atoms with Crippen LogP contribution in [0.1, 0.15) is 38.5 Å². The molecule has 0 atom stereocenters. The molecule has 1 heterocycles. The SMILES string of the molecule is CN(C)S(=O)(=O)N1CCCN(C(=O)C2CCCCC2)CC1. The molecule has 0 bridgehead atoms. The van der Waals surface area contributed by atoms with Gasteiger partial charge in [-0.15, -0.1) is 0 Å². The van der Waals surface area contributed by atoms with Gasteiger partial charge in [0.2, 0.25) is 5.91 Å². The fourth-order valence-electron chi connectivity index (χ4n) is 3.18. The van der Waals surface area contributed by atoms with Gasteiger partial charge in [0.05, 0.1) is 0 Å². The van der Waals surface area contributed by atoms with Crippen LogP contribution in [0.2, 0.25) is 0 Å². The highest BCUT2D eigenvalue weighted by molar-refractivity contribution is 7.86. The van der Waals surface area contributed by atoms with Crippen LogP contribution in [-0.4, -0.2) is 68.1 Å². The van der Waals surface area contributed by atoms with Crippen LogP contribution in [0.15, 0.2) is 0 Å². The number of carbonyl (C=O) groups excluding carboxylic acids is 1. The molecule has 1 aliphatic carbocycles. The summed E-state index contributed by atoms with van der Waals surface area (Å²) in [5.74, 6) is 0.398. The molecule has 21 heavy (non-hydrogen) atoms. The standard InChI is InChI=1S/C14H27N3O3S/c1-15(2)21(19,20)17-10-6-9-16(11-12-17)14(18)13-7-4-3-5-8-13/h13H,3-12H2,1-2H3. The van der Waals surface area contributed by atoms with Crippen LogP contribution in [0.3, 0.4) is 0 Å². The number of hydrogen-bond donors (Lipinski definition) is 0. The third-order valence-corrected chi connectivity index (χ3v) is 6.45. The summed E-state index contributed by atoms with van der Waals surface area (Å²) in [6, 6.07) is 0. The van der Waals surface area contributed by atoms with E-state index >= 15 is 0 Å². The number of amides is 1. The van der Waals surface area contributed by atoms with Crippen molar-refractivity contribution < 1.29 is 13.2 Å². The van der Waals surface area contributed by atoms with Crippen molar-refractivity contribution >= 4 is 16.1 Å². The average molecular weight is 317 g/mol. The van der Waals surface area contributed by atoms with Crippen molar-refractivity contribution in [3.63, 3.8) is 0 Å². The second-order valence-corrected chi connectivity index (χ2v) is 8.35. The van der Waals surface area contributed by atoms with Crippen molar-refractivity contribution in [3.05, 3.63) is 0 Å². The first-order chi connectivity index (χ1) is 9.93. The zero-order chi connectivity index (χ0) is 15.5. The summed E-state index contributed by atoms with van der Waals surface area (Å²) in [5, 5.41) is 0. The minimum atomic E-state index is -3.37. The Morgan fingerprint density at radius 1 is 0.952 bits per heavy atom. The van der Waals surface area contributed by atoms with Gasteiger partial charge in [0.15, 0.2) is 0 Å². The molecule has 2 fully saturated rings. The van der Waals surface area contributed by atoms with Gasteiger partial charge in [0.1, 0.15) is 0 Å². The van der Waals surface area contributed by atoms with Crippen LogP contribution in [-0.2, 0) is 15.0 Å². The Morgan fingerprint density at radius 3 is 2.24 bits per heavy atom. The second-order valence-electron chi connectivity index (χ2n) is 6.20. The summed E-state index contributed by atoms with van der Waals surface area (Å²) < 4.78 is 27.1. The Balaban J connectivity index is 1.96. The van der Waals surface area contributed by atoms with Gasteiger partial charge in [-0.2, -0.15) is 17.0 Å². The minimum absolute atomic E-state index is 0.163. The van der Waals surface area contributed by atoms with E-state index in [1.807, 2.05) is 4.90 Å². The van der Waals surface area contributed by atoms with Crippen molar-refractivity contribution in [2.24, 2.45) is 5.92 Å². The molecule has 1 amide bonds. The molecule has 1 aliphatic heterocycles. The quantitative estimate of drug-likeness (QED) is 0.777. The summed E-state index contributed by atoms with van der Waals surface area (Å²) in [4.78, 5) is 14.4. The van der Waals surface area contributed by atoms with Crippen LogP contribution < -0.4 is 0 Å². The maximum Gasteiger partial charge on any atom is 0.281 e. The lowest BCUT2D eigenvalue weighted by Gasteiger charge is -2.28. The number of hydrogen-bond acceptors (Lipinski definition) is 3. The zero-order valence-corrected chi connectivity index (χ0v) is 13.9. The molecular formula is C14H27N3O3S. The highest BCUT2D eigenvalue weighted by Gasteiger charge is 2.31. The molecular weight excluding hydrogens is 290 g/mol. The Kier molecular flexibility index (Phi) is 5.62. The molecule has 6 nitrogen and oxygen atoms in total. The van der Waals surface area contributed by atoms with E-state index in [9.17, 15) is 13.2 Å². The Bertz CT molecular complexity index is 458. The maximum atomic E-state index is 12.5. The van der Waals surface area contributed by atoms with E-state index in [0.29, 0.717) is 32.6 Å². The molecule has 1 saturated heterocycles. The molecule has 2 rings (SSSR count). The van der Waals surface area contributed by atoms with Gasteiger partial charge in [0.25, 0.3) is 10.2 Å². The predicted octanol–water partition coefficient (Wildman–Crippen LogP) is 0.907. The molecule has 0 unspecified atom stereocenters. The van der Waals surface area contributed by atoms with E-state index in [-0.39, 0.29) is 11.8 Å². The lowest BCUT2D eigenvalue weighted by Crippen LogP contribution is -2.43. The van der Waals surface area contributed by atoms with Crippen LogP contribution in [0, 0.1) is 5.92 Å². The summed E-state index contributed by atoms with van der Waals surface area (Å²) in [6.07, 6.45) is 6.23. The lowest BCUT2D eigenvalue weighted by molar-refractivity contribution is -0.136. The highest BCUT2D eigenvalue weighted by atomic mass is 32.2. The monoisotopic (exact) mass is 317 g/mol.